The van der Waals surface area contributed by atoms with Gasteiger partial charge in [-0.05, 0) is 25.2 Å². The number of unbranched alkanes of at least 4 members (excludes halogenated alkanes) is 10. The van der Waals surface area contributed by atoms with Crippen molar-refractivity contribution in [1.82, 2.24) is 0 Å². The van der Waals surface area contributed by atoms with Gasteiger partial charge in [-0.1, -0.05) is 77.6 Å². The van der Waals surface area contributed by atoms with Gasteiger partial charge in [-0.15, -0.1) is 0 Å². The quantitative estimate of drug-likeness (QED) is 0.289. The zero-order chi connectivity index (χ0) is 15.2. The first-order chi connectivity index (χ1) is 10.3. The molecular weight excluding hydrogens is 260 g/mol. The summed E-state index contributed by atoms with van der Waals surface area (Å²) in [5.41, 5.74) is 0. The van der Waals surface area contributed by atoms with Gasteiger partial charge in [0.15, 0.2) is 0 Å². The molecule has 0 spiro atoms. The Morgan fingerprint density at radius 3 is 1.86 bits per heavy atom. The molecule has 2 heteroatoms. The van der Waals surface area contributed by atoms with Gasteiger partial charge in [0, 0.05) is 6.42 Å². The van der Waals surface area contributed by atoms with Crippen LogP contribution in [-0.4, -0.2) is 12.6 Å². The second kappa shape index (κ2) is 13.2. The summed E-state index contributed by atoms with van der Waals surface area (Å²) in [5, 5.41) is 0. The summed E-state index contributed by atoms with van der Waals surface area (Å²) in [4.78, 5) is 11.5. The Bertz CT molecular complexity index is 246. The summed E-state index contributed by atoms with van der Waals surface area (Å²) in [6, 6.07) is 0. The summed E-state index contributed by atoms with van der Waals surface area (Å²) >= 11 is 0. The van der Waals surface area contributed by atoms with Crippen LogP contribution in [0.1, 0.15) is 103 Å². The van der Waals surface area contributed by atoms with Crippen molar-refractivity contribution in [3.63, 3.8) is 0 Å². The van der Waals surface area contributed by atoms with Crippen LogP contribution in [0, 0.1) is 5.92 Å². The van der Waals surface area contributed by atoms with Gasteiger partial charge < -0.3 is 4.74 Å². The first-order valence-corrected chi connectivity index (χ1v) is 9.48. The van der Waals surface area contributed by atoms with E-state index >= 15 is 0 Å². The zero-order valence-corrected chi connectivity index (χ0v) is 14.2. The van der Waals surface area contributed by atoms with Crippen LogP contribution >= 0.6 is 0 Å². The summed E-state index contributed by atoms with van der Waals surface area (Å²) in [7, 11) is 0. The molecule has 0 amide bonds. The third kappa shape index (κ3) is 10.8. The number of esters is 1. The zero-order valence-electron chi connectivity index (χ0n) is 14.2. The van der Waals surface area contributed by atoms with E-state index in [1.807, 2.05) is 0 Å². The van der Waals surface area contributed by atoms with Crippen molar-refractivity contribution in [2.75, 3.05) is 6.61 Å². The van der Waals surface area contributed by atoms with Crippen LogP contribution in [0.4, 0.5) is 0 Å². The molecule has 0 aromatic rings. The van der Waals surface area contributed by atoms with Gasteiger partial charge in [0.1, 0.15) is 0 Å². The molecule has 0 atom stereocenters. The minimum Gasteiger partial charge on any atom is -0.465 e. The van der Waals surface area contributed by atoms with E-state index in [4.69, 9.17) is 4.74 Å². The molecule has 0 radical (unpaired) electrons. The smallest absolute Gasteiger partial charge is 0.305 e. The Balaban J connectivity index is 1.72. The van der Waals surface area contributed by atoms with Crippen LogP contribution in [-0.2, 0) is 9.53 Å². The van der Waals surface area contributed by atoms with E-state index in [0.717, 1.165) is 6.42 Å². The molecule has 0 N–H and O–H groups in total. The molecule has 1 aliphatic rings. The molecule has 0 aromatic heterocycles. The van der Waals surface area contributed by atoms with Crippen LogP contribution < -0.4 is 0 Å². The summed E-state index contributed by atoms with van der Waals surface area (Å²) < 4.78 is 5.30. The fraction of sp³-hybridized carbons (Fsp3) is 0.947. The lowest BCUT2D eigenvalue weighted by atomic mass is 9.86. The number of rotatable bonds is 14. The van der Waals surface area contributed by atoms with Crippen LogP contribution in [0.25, 0.3) is 0 Å². The minimum absolute atomic E-state index is 0.0258. The number of hydrogen-bond acceptors (Lipinski definition) is 2. The molecule has 0 bridgehead atoms. The molecule has 0 aromatic carbocycles. The number of carbonyl (C=O) groups is 1. The van der Waals surface area contributed by atoms with Crippen LogP contribution in [0.3, 0.4) is 0 Å². The van der Waals surface area contributed by atoms with Crippen molar-refractivity contribution in [3.8, 4) is 0 Å². The maximum Gasteiger partial charge on any atom is 0.305 e. The van der Waals surface area contributed by atoms with Crippen LogP contribution in [0.2, 0.25) is 0 Å². The lowest BCUT2D eigenvalue weighted by Crippen LogP contribution is -2.19. The molecule has 0 aliphatic heterocycles. The highest BCUT2D eigenvalue weighted by Crippen LogP contribution is 2.26. The lowest BCUT2D eigenvalue weighted by molar-refractivity contribution is -0.146. The van der Waals surface area contributed by atoms with Gasteiger partial charge in [0.2, 0.25) is 0 Å². The predicted octanol–water partition coefficient (Wildman–Crippen LogP) is 6.03. The Labute approximate surface area is 132 Å². The van der Waals surface area contributed by atoms with Gasteiger partial charge in [-0.2, -0.15) is 0 Å². The van der Waals surface area contributed by atoms with Crippen molar-refractivity contribution in [2.45, 2.75) is 103 Å². The minimum atomic E-state index is 0.0258. The molecule has 1 fully saturated rings. The van der Waals surface area contributed by atoms with Crippen molar-refractivity contribution < 1.29 is 9.53 Å². The molecule has 0 unspecified atom stereocenters. The highest BCUT2D eigenvalue weighted by atomic mass is 16.5. The van der Waals surface area contributed by atoms with E-state index in [2.05, 4.69) is 6.92 Å². The normalized spacial score (nSPS) is 14.9. The van der Waals surface area contributed by atoms with Crippen molar-refractivity contribution in [3.05, 3.63) is 0 Å². The van der Waals surface area contributed by atoms with Gasteiger partial charge in [0.25, 0.3) is 0 Å². The Hall–Kier alpha value is -0.530. The largest absolute Gasteiger partial charge is 0.465 e. The summed E-state index contributed by atoms with van der Waals surface area (Å²) in [6.45, 7) is 2.94. The molecule has 0 heterocycles. The molecule has 2 nitrogen and oxygen atoms in total. The molecule has 1 rings (SSSR count). The van der Waals surface area contributed by atoms with Crippen molar-refractivity contribution >= 4 is 5.97 Å². The van der Waals surface area contributed by atoms with E-state index < -0.39 is 0 Å². The first-order valence-electron chi connectivity index (χ1n) is 9.48. The highest BCUT2D eigenvalue weighted by Gasteiger charge is 2.18. The summed E-state index contributed by atoms with van der Waals surface area (Å²) in [6.07, 6.45) is 19.0. The van der Waals surface area contributed by atoms with E-state index in [0.29, 0.717) is 18.9 Å². The van der Waals surface area contributed by atoms with Crippen LogP contribution in [0.5, 0.6) is 0 Å². The standard InChI is InChI=1S/C19H36O2/c1-2-3-4-5-6-7-8-9-10-11-12-16-19(20)21-17-18-14-13-15-18/h18H,2-17H2,1H3. The first kappa shape index (κ1) is 18.5. The van der Waals surface area contributed by atoms with Gasteiger partial charge >= 0.3 is 5.97 Å². The lowest BCUT2D eigenvalue weighted by Gasteiger charge is -2.24. The molecule has 0 saturated heterocycles. The molecule has 21 heavy (non-hydrogen) atoms. The van der Waals surface area contributed by atoms with E-state index in [-0.39, 0.29) is 5.97 Å². The molecule has 1 saturated carbocycles. The Morgan fingerprint density at radius 2 is 1.38 bits per heavy atom. The third-order valence-corrected chi connectivity index (χ3v) is 4.69. The Morgan fingerprint density at radius 1 is 0.857 bits per heavy atom. The monoisotopic (exact) mass is 296 g/mol. The fourth-order valence-corrected chi connectivity index (χ4v) is 2.88. The van der Waals surface area contributed by atoms with E-state index in [1.165, 1.54) is 83.5 Å². The maximum absolute atomic E-state index is 11.5. The van der Waals surface area contributed by atoms with E-state index in [1.54, 1.807) is 0 Å². The van der Waals surface area contributed by atoms with Crippen molar-refractivity contribution in [2.24, 2.45) is 5.92 Å². The average molecular weight is 296 g/mol. The number of ether oxygens (including phenoxy) is 1. The fourth-order valence-electron chi connectivity index (χ4n) is 2.88. The number of hydrogen-bond donors (Lipinski definition) is 0. The molecule has 1 aliphatic carbocycles. The average Bonchev–Trinajstić information content (AvgIpc) is 2.43. The van der Waals surface area contributed by atoms with Crippen molar-refractivity contribution in [1.29, 1.82) is 0 Å². The van der Waals surface area contributed by atoms with Gasteiger partial charge in [-0.25, -0.2) is 0 Å². The van der Waals surface area contributed by atoms with Gasteiger partial charge in [-0.3, -0.25) is 4.79 Å². The summed E-state index contributed by atoms with van der Waals surface area (Å²) in [5.74, 6) is 0.698. The molecular formula is C19H36O2. The topological polar surface area (TPSA) is 26.3 Å². The number of carbonyl (C=O) groups excluding carboxylic acids is 1. The maximum atomic E-state index is 11.5. The third-order valence-electron chi connectivity index (χ3n) is 4.69. The predicted molar refractivity (Wildman–Crippen MR) is 89.4 cm³/mol. The second-order valence-electron chi connectivity index (χ2n) is 6.77. The molecule has 124 valence electrons. The van der Waals surface area contributed by atoms with Gasteiger partial charge in [0.05, 0.1) is 6.61 Å². The Kier molecular flexibility index (Phi) is 11.6. The van der Waals surface area contributed by atoms with Crippen LogP contribution in [0.15, 0.2) is 0 Å². The SMILES string of the molecule is CCCCCCCCCCCCCC(=O)OCC1CCC1. The second-order valence-corrected chi connectivity index (χ2v) is 6.77. The highest BCUT2D eigenvalue weighted by molar-refractivity contribution is 5.69. The van der Waals surface area contributed by atoms with E-state index in [9.17, 15) is 4.79 Å².